The van der Waals surface area contributed by atoms with Gasteiger partial charge in [0.25, 0.3) is 5.56 Å². The Balaban J connectivity index is 1.62. The molecule has 36 heavy (non-hydrogen) atoms. The summed E-state index contributed by atoms with van der Waals surface area (Å²) in [5.41, 5.74) is -1.76. The van der Waals surface area contributed by atoms with E-state index in [1.54, 1.807) is 0 Å². The molecular weight excluding hydrogens is 542 g/mol. The van der Waals surface area contributed by atoms with Crippen molar-refractivity contribution in [2.75, 3.05) is 13.2 Å². The number of phosphoric ester groups is 2. The van der Waals surface area contributed by atoms with Crippen LogP contribution in [-0.2, 0) is 36.8 Å². The van der Waals surface area contributed by atoms with E-state index >= 15 is 0 Å². The zero-order valence-corrected chi connectivity index (χ0v) is 19.5. The number of aliphatic hydroxyl groups excluding tert-OH is 5. The first-order valence-corrected chi connectivity index (χ1v) is 12.8. The third-order valence-corrected chi connectivity index (χ3v) is 7.59. The van der Waals surface area contributed by atoms with Crippen LogP contribution in [0.3, 0.4) is 0 Å². The molecule has 3 rings (SSSR count). The van der Waals surface area contributed by atoms with Gasteiger partial charge in [0, 0.05) is 12.3 Å². The Hall–Kier alpha value is -1.67. The highest BCUT2D eigenvalue weighted by Crippen LogP contribution is 2.61. The van der Waals surface area contributed by atoms with Crippen LogP contribution in [0.1, 0.15) is 6.23 Å². The minimum absolute atomic E-state index is 0.715. The maximum Gasteiger partial charge on any atom is 0.483 e. The van der Waals surface area contributed by atoms with Gasteiger partial charge >= 0.3 is 21.3 Å². The number of aromatic nitrogens is 2. The second-order valence-electron chi connectivity index (χ2n) is 7.51. The van der Waals surface area contributed by atoms with Crippen LogP contribution in [0.5, 0.6) is 0 Å². The van der Waals surface area contributed by atoms with Crippen molar-refractivity contribution in [3.63, 3.8) is 0 Å². The van der Waals surface area contributed by atoms with Crippen molar-refractivity contribution in [1.29, 1.82) is 0 Å². The number of nitrogens with one attached hydrogen (secondary N) is 1. The summed E-state index contributed by atoms with van der Waals surface area (Å²) in [6, 6.07) is 0.922. The Morgan fingerprint density at radius 2 is 1.64 bits per heavy atom. The highest BCUT2D eigenvalue weighted by atomic mass is 31.3. The molecule has 0 amide bonds. The van der Waals surface area contributed by atoms with Crippen molar-refractivity contribution in [3.8, 4) is 0 Å². The Kier molecular flexibility index (Phi) is 8.81. The van der Waals surface area contributed by atoms with Gasteiger partial charge in [-0.15, -0.1) is 0 Å². The van der Waals surface area contributed by atoms with E-state index in [-0.39, 0.29) is 0 Å². The zero-order chi connectivity index (χ0) is 27.0. The van der Waals surface area contributed by atoms with Gasteiger partial charge in [0.05, 0.1) is 13.2 Å². The van der Waals surface area contributed by atoms with E-state index in [2.05, 4.69) is 13.4 Å². The number of nitrogens with zero attached hydrogens (tertiary/aromatic N) is 1. The van der Waals surface area contributed by atoms with Gasteiger partial charge in [-0.05, 0) is 0 Å². The monoisotopic (exact) mass is 564 g/mol. The molecule has 2 fully saturated rings. The number of carbonyl (C=O) groups excluding carboxylic acids is 1. The molecule has 0 spiro atoms. The number of carbonyl (C=O) groups is 1. The van der Waals surface area contributed by atoms with Gasteiger partial charge in [-0.3, -0.25) is 23.7 Å². The lowest BCUT2D eigenvalue weighted by molar-refractivity contribution is -0.222. The van der Waals surface area contributed by atoms with Crippen molar-refractivity contribution in [2.45, 2.75) is 49.1 Å². The highest BCUT2D eigenvalue weighted by Gasteiger charge is 2.49. The molecule has 10 unspecified atom stereocenters. The van der Waals surface area contributed by atoms with E-state index in [1.807, 2.05) is 4.98 Å². The number of hydrogen-bond donors (Lipinski definition) is 8. The number of H-pyrrole nitrogens is 1. The van der Waals surface area contributed by atoms with Crippen molar-refractivity contribution in [3.05, 3.63) is 33.1 Å². The summed E-state index contributed by atoms with van der Waals surface area (Å²) in [7, 11) is -11.2. The summed E-state index contributed by atoms with van der Waals surface area (Å²) in [6.07, 6.45) is -13.8. The van der Waals surface area contributed by atoms with Gasteiger partial charge in [-0.1, -0.05) is 0 Å². The molecule has 1 aromatic rings. The molecule has 0 saturated carbocycles. The summed E-state index contributed by atoms with van der Waals surface area (Å²) in [5.74, 6) is -1.46. The maximum absolute atomic E-state index is 12.1. The summed E-state index contributed by atoms with van der Waals surface area (Å²) in [5, 5.41) is 48.5. The van der Waals surface area contributed by atoms with Crippen molar-refractivity contribution in [1.82, 2.24) is 9.55 Å². The second-order valence-corrected chi connectivity index (χ2v) is 10.5. The first kappa shape index (κ1) is 28.9. The molecule has 2 aliphatic heterocycles. The van der Waals surface area contributed by atoms with Gasteiger partial charge in [-0.2, -0.15) is 4.31 Å². The SMILES string of the molecule is O=C1C(OP(=O)(O)OP(=O)(O)OCC2OC(n3ccc(=O)[nH]c3=O)C(O)C2O)OC(CO)C(O)C1O. The number of aliphatic hydroxyl groups is 5. The first-order chi connectivity index (χ1) is 16.7. The van der Waals surface area contributed by atoms with Crippen LogP contribution in [0.15, 0.2) is 21.9 Å². The second kappa shape index (κ2) is 11.0. The summed E-state index contributed by atoms with van der Waals surface area (Å²) >= 11 is 0. The first-order valence-electron chi connectivity index (χ1n) is 9.85. The smallest absolute Gasteiger partial charge is 0.394 e. The minimum atomic E-state index is -5.65. The van der Waals surface area contributed by atoms with Crippen LogP contribution < -0.4 is 11.2 Å². The topological polar surface area (TPSA) is 294 Å². The molecule has 0 bridgehead atoms. The maximum atomic E-state index is 12.1. The average Bonchev–Trinajstić information content (AvgIpc) is 3.06. The van der Waals surface area contributed by atoms with Crippen molar-refractivity contribution < 1.29 is 72.1 Å². The molecule has 0 aliphatic carbocycles. The van der Waals surface area contributed by atoms with Crippen molar-refractivity contribution >= 4 is 21.4 Å². The number of rotatable bonds is 9. The van der Waals surface area contributed by atoms with Crippen LogP contribution in [-0.4, -0.2) is 107 Å². The Labute approximate surface area is 199 Å². The third-order valence-electron chi connectivity index (χ3n) is 5.01. The fraction of sp³-hybridized carbons (Fsp3) is 0.667. The molecule has 19 nitrogen and oxygen atoms in total. The van der Waals surface area contributed by atoms with Crippen molar-refractivity contribution in [2.24, 2.45) is 0 Å². The van der Waals surface area contributed by atoms with E-state index in [9.17, 15) is 53.7 Å². The number of ether oxygens (including phenoxy) is 2. The van der Waals surface area contributed by atoms with Crippen LogP contribution in [0, 0.1) is 0 Å². The Morgan fingerprint density at radius 3 is 2.25 bits per heavy atom. The number of ketones is 1. The van der Waals surface area contributed by atoms with E-state index in [4.69, 9.17) is 14.6 Å². The molecule has 2 saturated heterocycles. The molecule has 3 heterocycles. The molecule has 204 valence electrons. The fourth-order valence-corrected chi connectivity index (χ4v) is 5.35. The van der Waals surface area contributed by atoms with E-state index in [0.717, 1.165) is 12.3 Å². The van der Waals surface area contributed by atoms with Gasteiger partial charge in [0.2, 0.25) is 12.1 Å². The number of Topliss-reactive ketones (excluding diaryl/α,β-unsaturated/α-hetero) is 1. The van der Waals surface area contributed by atoms with Crippen LogP contribution in [0.4, 0.5) is 0 Å². The largest absolute Gasteiger partial charge is 0.483 e. The average molecular weight is 564 g/mol. The Morgan fingerprint density at radius 1 is 0.972 bits per heavy atom. The summed E-state index contributed by atoms with van der Waals surface area (Å²) in [6.45, 7) is -1.98. The number of aromatic amines is 1. The van der Waals surface area contributed by atoms with Crippen LogP contribution in [0.2, 0.25) is 0 Å². The lowest BCUT2D eigenvalue weighted by atomic mass is 10.0. The van der Waals surface area contributed by atoms with Gasteiger partial charge in [-0.25, -0.2) is 18.4 Å². The minimum Gasteiger partial charge on any atom is -0.394 e. The predicted molar refractivity (Wildman–Crippen MR) is 108 cm³/mol. The van der Waals surface area contributed by atoms with Crippen LogP contribution in [0.25, 0.3) is 0 Å². The quantitative estimate of drug-likeness (QED) is 0.131. The lowest BCUT2D eigenvalue weighted by Gasteiger charge is -2.34. The standard InChI is InChI=1S/C15H22N2O17P2/c18-3-5-8(20)10(22)12(24)14(32-5)33-36(28,29)34-35(26,27)30-4-6-9(21)11(23)13(31-6)17-2-1-7(19)16-15(17)25/h1-2,5-6,8-11,13-14,18,20-23H,3-4H2,(H,26,27)(H,28,29)(H,16,19,25). The van der Waals surface area contributed by atoms with Gasteiger partial charge < -0.3 is 44.8 Å². The zero-order valence-electron chi connectivity index (χ0n) is 17.7. The Bertz CT molecular complexity index is 1170. The van der Waals surface area contributed by atoms with E-state index < -0.39 is 95.0 Å². The normalized spacial score (nSPS) is 36.4. The van der Waals surface area contributed by atoms with Gasteiger partial charge in [0.1, 0.15) is 36.6 Å². The molecule has 2 aliphatic rings. The molecule has 0 radical (unpaired) electrons. The molecule has 8 N–H and O–H groups in total. The van der Waals surface area contributed by atoms with E-state index in [0.29, 0.717) is 4.57 Å². The number of phosphoric acid groups is 2. The molecule has 0 aromatic carbocycles. The molecular formula is C15H22N2O17P2. The van der Waals surface area contributed by atoms with E-state index in [1.165, 1.54) is 0 Å². The summed E-state index contributed by atoms with van der Waals surface area (Å²) < 4.78 is 47.7. The third kappa shape index (κ3) is 6.42. The predicted octanol–water partition coefficient (Wildman–Crippen LogP) is -4.59. The molecule has 10 atom stereocenters. The fourth-order valence-electron chi connectivity index (χ4n) is 3.23. The highest BCUT2D eigenvalue weighted by molar-refractivity contribution is 7.61. The lowest BCUT2D eigenvalue weighted by Crippen LogP contribution is -2.56. The van der Waals surface area contributed by atoms with Gasteiger partial charge in [0.15, 0.2) is 6.23 Å². The molecule has 21 heteroatoms. The van der Waals surface area contributed by atoms with Crippen LogP contribution >= 0.6 is 15.6 Å². The summed E-state index contributed by atoms with van der Waals surface area (Å²) in [4.78, 5) is 56.3. The number of hydrogen-bond acceptors (Lipinski definition) is 15. The molecule has 1 aromatic heterocycles.